The third-order valence-corrected chi connectivity index (χ3v) is 15.7. The van der Waals surface area contributed by atoms with Crippen LogP contribution in [0.15, 0.2) is 97.6 Å². The van der Waals surface area contributed by atoms with Crippen molar-refractivity contribution < 1.29 is 44.7 Å². The van der Waals surface area contributed by atoms with Crippen LogP contribution in [-0.2, 0) is 28.4 Å². The highest BCUT2D eigenvalue weighted by Crippen LogP contribution is 2.56. The minimum atomic E-state index is -4.43. The monoisotopic (exact) mass is 977 g/mol. The maximum Gasteiger partial charge on any atom is 0.417 e. The lowest BCUT2D eigenvalue weighted by molar-refractivity contribution is -0.138. The highest BCUT2D eigenvalue weighted by molar-refractivity contribution is 6.63. The van der Waals surface area contributed by atoms with Crippen LogP contribution in [0.5, 0.6) is 0 Å². The summed E-state index contributed by atoms with van der Waals surface area (Å²) in [5, 5.41) is 1.63. The van der Waals surface area contributed by atoms with Gasteiger partial charge in [0.15, 0.2) is 0 Å². The number of alkyl halides is 6. The fourth-order valence-corrected chi connectivity index (χ4v) is 11.9. The average molecular weight is 978 g/mol. The molecule has 0 saturated heterocycles. The molecule has 0 amide bonds. The predicted octanol–water partition coefficient (Wildman–Crippen LogP) is 13.7. The van der Waals surface area contributed by atoms with Crippen LogP contribution < -0.4 is 5.73 Å². The first kappa shape index (κ1) is 49.8. The van der Waals surface area contributed by atoms with Gasteiger partial charge in [0.1, 0.15) is 23.2 Å². The van der Waals surface area contributed by atoms with Crippen molar-refractivity contribution in [3.63, 3.8) is 0 Å². The molecule has 4 fully saturated rings. The van der Waals surface area contributed by atoms with Gasteiger partial charge in [0.2, 0.25) is 5.24 Å². The Balaban J connectivity index is 0.000000158. The summed E-state index contributed by atoms with van der Waals surface area (Å²) in [5.74, 6) is 3.41. The van der Waals surface area contributed by atoms with E-state index in [2.05, 4.69) is 26.0 Å². The van der Waals surface area contributed by atoms with Crippen LogP contribution in [0.4, 0.5) is 40.9 Å². The lowest BCUT2D eigenvalue weighted by Crippen LogP contribution is -2.22. The number of halogens is 9. The van der Waals surface area contributed by atoms with E-state index >= 15 is 0 Å². The SMILES string of the molecule is CC(C(=O)Cc1ccc(C(F)(F)F)cn1)C1C[C@H]2CC(c3ccnc4ccc(F)cc34)C[C@H]2C1.CC(C(=O)Cl)C1C[C@H]2CC(c3ccnc4ccc(F)cc34)C[C@H]2C1.Nc1ccc(C(F)(F)F)cn1. The molecule has 0 aliphatic heterocycles. The van der Waals surface area contributed by atoms with Crippen LogP contribution in [0.3, 0.4) is 0 Å². The molecule has 6 aromatic rings. The molecule has 6 unspecified atom stereocenters. The summed E-state index contributed by atoms with van der Waals surface area (Å²) >= 11 is 5.69. The number of aromatic nitrogens is 4. The van der Waals surface area contributed by atoms with E-state index in [0.717, 1.165) is 103 Å². The Morgan fingerprint density at radius 1 is 0.594 bits per heavy atom. The van der Waals surface area contributed by atoms with Gasteiger partial charge in [-0.3, -0.25) is 24.5 Å². The molecule has 7 nitrogen and oxygen atoms in total. The number of hydrogen-bond acceptors (Lipinski definition) is 7. The van der Waals surface area contributed by atoms with E-state index in [4.69, 9.17) is 17.3 Å². The summed E-state index contributed by atoms with van der Waals surface area (Å²) in [6.07, 6.45) is 4.87. The number of rotatable bonds is 8. The molecule has 4 heterocycles. The van der Waals surface area contributed by atoms with Crippen molar-refractivity contribution in [2.45, 2.75) is 95.8 Å². The summed E-state index contributed by atoms with van der Waals surface area (Å²) in [7, 11) is 0. The number of nitrogens with two attached hydrogens (primary N) is 1. The first-order chi connectivity index (χ1) is 32.7. The highest BCUT2D eigenvalue weighted by atomic mass is 35.5. The van der Waals surface area contributed by atoms with Gasteiger partial charge in [-0.2, -0.15) is 26.3 Å². The Labute approximate surface area is 399 Å². The Kier molecular flexibility index (Phi) is 14.7. The van der Waals surface area contributed by atoms with E-state index < -0.39 is 23.5 Å². The summed E-state index contributed by atoms with van der Waals surface area (Å²) < 4.78 is 101. The van der Waals surface area contributed by atoms with Crippen molar-refractivity contribution in [2.24, 2.45) is 47.3 Å². The molecular weight excluding hydrogens is 926 g/mol. The van der Waals surface area contributed by atoms with Crippen LogP contribution in [-0.4, -0.2) is 31.0 Å². The summed E-state index contributed by atoms with van der Waals surface area (Å²) in [5.41, 5.74) is 7.94. The fraction of sp³-hybridized carbons (Fsp3) is 0.434. The lowest BCUT2D eigenvalue weighted by atomic mass is 9.83. The second kappa shape index (κ2) is 20.4. The first-order valence-corrected chi connectivity index (χ1v) is 23.7. The number of benzene rings is 2. The second-order valence-electron chi connectivity index (χ2n) is 19.5. The maximum atomic E-state index is 13.9. The minimum Gasteiger partial charge on any atom is -0.384 e. The second-order valence-corrected chi connectivity index (χ2v) is 19.9. The van der Waals surface area contributed by atoms with Gasteiger partial charge in [0, 0.05) is 59.5 Å². The molecule has 4 aliphatic rings. The normalized spacial score (nSPS) is 25.0. The van der Waals surface area contributed by atoms with Gasteiger partial charge in [0.25, 0.3) is 0 Å². The summed E-state index contributed by atoms with van der Waals surface area (Å²) in [4.78, 5) is 40.2. The van der Waals surface area contributed by atoms with Gasteiger partial charge in [-0.25, -0.2) is 13.8 Å². The number of fused-ring (bicyclic) bond motifs is 4. The summed E-state index contributed by atoms with van der Waals surface area (Å²) in [6, 6.07) is 17.9. The molecule has 4 aromatic heterocycles. The smallest absolute Gasteiger partial charge is 0.384 e. The van der Waals surface area contributed by atoms with Crippen molar-refractivity contribution >= 4 is 50.3 Å². The van der Waals surface area contributed by atoms with E-state index in [-0.39, 0.29) is 52.7 Å². The Morgan fingerprint density at radius 2 is 1.03 bits per heavy atom. The van der Waals surface area contributed by atoms with Crippen molar-refractivity contribution in [3.8, 4) is 0 Å². The van der Waals surface area contributed by atoms with Crippen LogP contribution in [0, 0.1) is 59.0 Å². The zero-order valence-corrected chi connectivity index (χ0v) is 38.7. The van der Waals surface area contributed by atoms with E-state index in [0.29, 0.717) is 53.3 Å². The van der Waals surface area contributed by atoms with Crippen LogP contribution in [0.1, 0.15) is 105 Å². The van der Waals surface area contributed by atoms with Crippen molar-refractivity contribution in [2.75, 3.05) is 5.73 Å². The molecule has 10 atom stereocenters. The third kappa shape index (κ3) is 11.6. The minimum absolute atomic E-state index is 0.0318. The van der Waals surface area contributed by atoms with E-state index in [1.807, 2.05) is 26.1 Å². The van der Waals surface area contributed by atoms with Crippen LogP contribution >= 0.6 is 11.6 Å². The number of carbonyl (C=O) groups is 2. The molecule has 2 N–H and O–H groups in total. The molecule has 69 heavy (non-hydrogen) atoms. The van der Waals surface area contributed by atoms with Gasteiger partial charge in [-0.1, -0.05) is 13.8 Å². The van der Waals surface area contributed by atoms with Crippen molar-refractivity contribution in [1.82, 2.24) is 19.9 Å². The molecule has 16 heteroatoms. The van der Waals surface area contributed by atoms with Crippen LogP contribution in [0.2, 0.25) is 0 Å². The van der Waals surface area contributed by atoms with Gasteiger partial charge < -0.3 is 5.73 Å². The number of nitrogen functional groups attached to an aromatic ring is 1. The molecule has 2 aromatic carbocycles. The molecule has 0 spiro atoms. The van der Waals surface area contributed by atoms with Gasteiger partial charge in [-0.15, -0.1) is 0 Å². The van der Waals surface area contributed by atoms with Crippen LogP contribution in [0.25, 0.3) is 21.8 Å². The first-order valence-electron chi connectivity index (χ1n) is 23.3. The third-order valence-electron chi connectivity index (χ3n) is 15.4. The molecule has 0 bridgehead atoms. The number of Topliss-reactive ketones (excluding diaryl/α,β-unsaturated/α-hetero) is 1. The van der Waals surface area contributed by atoms with Crippen molar-refractivity contribution in [1.29, 1.82) is 0 Å². The standard InChI is InChI=1S/C27H26F4N2O.C20H21ClFNO.C6H5F3N2/c1-15(26(34)13-22-4-2-20(14-33-22)27(29,30)31)16-8-17-10-19(11-18(17)9-16)23-6-7-32-25-5-3-21(28)12-24(23)25;1-11(20(21)24)12-6-13-8-15(9-14(13)7-12)17-4-5-23-19-3-2-16(22)10-18(17)19;7-6(8,9)4-1-2-5(10)11-3-4/h2-7,12,14-19H,8-11,13H2,1H3;2-5,10-15H,6-9H2,1H3;1-3H,(H2,10,11)/t15?,16?,17-,18+,19?;11?,12?,13-,14+,15?;. The number of pyridine rings is 4. The molecule has 0 radical (unpaired) electrons. The molecule has 4 aliphatic carbocycles. The molecular formula is C53H52ClF8N5O2. The largest absolute Gasteiger partial charge is 0.417 e. The maximum absolute atomic E-state index is 13.9. The average Bonchev–Trinajstić information content (AvgIpc) is 4.09. The number of ketones is 1. The lowest BCUT2D eigenvalue weighted by Gasteiger charge is -2.21. The molecule has 10 rings (SSSR count). The summed E-state index contributed by atoms with van der Waals surface area (Å²) in [6.45, 7) is 3.90. The van der Waals surface area contributed by atoms with Crippen molar-refractivity contribution in [3.05, 3.63) is 137 Å². The Bertz CT molecular complexity index is 2760. The Morgan fingerprint density at radius 3 is 1.42 bits per heavy atom. The topological polar surface area (TPSA) is 112 Å². The predicted molar refractivity (Wildman–Crippen MR) is 248 cm³/mol. The van der Waals surface area contributed by atoms with E-state index in [1.54, 1.807) is 30.5 Å². The highest BCUT2D eigenvalue weighted by Gasteiger charge is 2.46. The van der Waals surface area contributed by atoms with E-state index in [1.165, 1.54) is 23.8 Å². The zero-order valence-electron chi connectivity index (χ0n) is 38.0. The molecule has 4 saturated carbocycles. The Hall–Kier alpha value is -5.57. The number of nitrogens with zero attached hydrogens (tertiary/aromatic N) is 4. The quantitative estimate of drug-likeness (QED) is 0.119. The molecule has 364 valence electrons. The van der Waals surface area contributed by atoms with Gasteiger partial charge >= 0.3 is 12.4 Å². The van der Waals surface area contributed by atoms with Gasteiger partial charge in [0.05, 0.1) is 22.2 Å². The van der Waals surface area contributed by atoms with E-state index in [9.17, 15) is 44.7 Å². The van der Waals surface area contributed by atoms with Gasteiger partial charge in [-0.05, 0) is 194 Å². The number of hydrogen-bond donors (Lipinski definition) is 1. The number of anilines is 1. The number of carbonyl (C=O) groups excluding carboxylic acids is 2. The zero-order chi connectivity index (χ0) is 49.4. The fourth-order valence-electron chi connectivity index (χ4n) is 11.7.